The molecule has 0 heterocycles. The molecule has 0 aromatic heterocycles. The highest BCUT2D eigenvalue weighted by atomic mass is 19.1. The Balaban J connectivity index is 1.53. The molecular weight excluding hydrogens is 371 g/mol. The van der Waals surface area contributed by atoms with Gasteiger partial charge in [0.1, 0.15) is 5.82 Å². The minimum Gasteiger partial charge on any atom is -0.480 e. The van der Waals surface area contributed by atoms with Crippen molar-refractivity contribution >= 4 is 23.4 Å². The predicted octanol–water partition coefficient (Wildman–Crippen LogP) is 2.49. The van der Waals surface area contributed by atoms with Crippen LogP contribution in [0.15, 0.2) is 12.1 Å². The maximum absolute atomic E-state index is 14.0. The molecule has 28 heavy (non-hydrogen) atoms. The van der Waals surface area contributed by atoms with Crippen molar-refractivity contribution in [3.8, 4) is 0 Å². The van der Waals surface area contributed by atoms with Crippen molar-refractivity contribution in [1.29, 1.82) is 0 Å². The number of carboxylic acid groups (broad SMARTS) is 1. The Labute approximate surface area is 161 Å². The first kappa shape index (κ1) is 20.0. The number of hydrogen-bond acceptors (Lipinski definition) is 5. The number of anilines is 1. The van der Waals surface area contributed by atoms with E-state index in [4.69, 9.17) is 5.11 Å². The molecule has 9 nitrogen and oxygen atoms in total. The van der Waals surface area contributed by atoms with E-state index in [-0.39, 0.29) is 35.6 Å². The van der Waals surface area contributed by atoms with Crippen molar-refractivity contribution in [2.45, 2.75) is 44.7 Å². The fraction of sp³-hybridized carbons (Fsp3) is 0.556. The van der Waals surface area contributed by atoms with Gasteiger partial charge in [0, 0.05) is 24.7 Å². The number of nitro groups is 1. The van der Waals surface area contributed by atoms with Crippen LogP contribution in [0.2, 0.25) is 0 Å². The number of carbonyl (C=O) groups excluding carboxylic acids is 1. The van der Waals surface area contributed by atoms with Gasteiger partial charge in [-0.15, -0.1) is 0 Å². The van der Waals surface area contributed by atoms with Crippen LogP contribution in [0.5, 0.6) is 0 Å². The van der Waals surface area contributed by atoms with Gasteiger partial charge in [0.15, 0.2) is 0 Å². The second-order valence-electron chi connectivity index (χ2n) is 7.51. The summed E-state index contributed by atoms with van der Waals surface area (Å²) in [5.74, 6) is -1.05. The van der Waals surface area contributed by atoms with Crippen LogP contribution >= 0.6 is 0 Å². The summed E-state index contributed by atoms with van der Waals surface area (Å²) in [6.07, 6.45) is 3.48. The van der Waals surface area contributed by atoms with Gasteiger partial charge in [-0.1, -0.05) is 0 Å². The van der Waals surface area contributed by atoms with Crippen molar-refractivity contribution in [2.75, 3.05) is 18.4 Å². The molecule has 2 amide bonds. The second-order valence-corrected chi connectivity index (χ2v) is 7.51. The third-order valence-corrected chi connectivity index (χ3v) is 5.31. The maximum atomic E-state index is 14.0. The molecule has 2 saturated carbocycles. The standard InChI is InChI=1S/C18H23FN4O5/c1-10-15(23(27)28)5-4-14(19)17(10)21-18(26)20-12-6-13(7-12)22(9-16(24)25)8-11-2-3-11/h4-5,11-13H,2-3,6-9H2,1H3,(H,24,25)(H2,20,21,26). The molecule has 1 aromatic carbocycles. The molecule has 3 N–H and O–H groups in total. The largest absolute Gasteiger partial charge is 0.480 e. The zero-order valence-electron chi connectivity index (χ0n) is 15.5. The first-order valence-corrected chi connectivity index (χ1v) is 9.21. The minimum absolute atomic E-state index is 0.0157. The lowest BCUT2D eigenvalue weighted by atomic mass is 9.85. The zero-order valence-corrected chi connectivity index (χ0v) is 15.5. The average Bonchev–Trinajstić information content (AvgIpc) is 3.37. The molecule has 0 bridgehead atoms. The Hall–Kier alpha value is -2.75. The molecule has 0 atom stereocenters. The van der Waals surface area contributed by atoms with Crippen molar-refractivity contribution in [3.05, 3.63) is 33.6 Å². The van der Waals surface area contributed by atoms with E-state index in [0.717, 1.165) is 31.5 Å². The SMILES string of the molecule is Cc1c([N+](=O)[O-])ccc(F)c1NC(=O)NC1CC(N(CC(=O)O)CC2CC2)C1. The molecule has 0 unspecified atom stereocenters. The molecule has 0 spiro atoms. The maximum Gasteiger partial charge on any atom is 0.319 e. The Morgan fingerprint density at radius 3 is 2.61 bits per heavy atom. The van der Waals surface area contributed by atoms with Crippen LogP contribution in [0, 0.1) is 28.8 Å². The molecule has 152 valence electrons. The van der Waals surface area contributed by atoms with E-state index in [9.17, 15) is 24.1 Å². The van der Waals surface area contributed by atoms with Crippen LogP contribution in [-0.2, 0) is 4.79 Å². The molecule has 2 aliphatic carbocycles. The van der Waals surface area contributed by atoms with Gasteiger partial charge in [-0.3, -0.25) is 19.8 Å². The molecule has 0 saturated heterocycles. The highest BCUT2D eigenvalue weighted by Gasteiger charge is 2.37. The Morgan fingerprint density at radius 1 is 1.36 bits per heavy atom. The number of aliphatic carboxylic acids is 1. The second kappa shape index (κ2) is 8.09. The first-order valence-electron chi connectivity index (χ1n) is 9.21. The molecular formula is C18H23FN4O5. The number of benzene rings is 1. The lowest BCUT2D eigenvalue weighted by Crippen LogP contribution is -2.56. The van der Waals surface area contributed by atoms with Crippen LogP contribution in [0.3, 0.4) is 0 Å². The number of carboxylic acids is 1. The first-order chi connectivity index (χ1) is 13.2. The smallest absolute Gasteiger partial charge is 0.319 e. The Bertz CT molecular complexity index is 792. The topological polar surface area (TPSA) is 125 Å². The Kier molecular flexibility index (Phi) is 5.78. The summed E-state index contributed by atoms with van der Waals surface area (Å²) in [6.45, 7) is 2.12. The number of nitrogens with zero attached hydrogens (tertiary/aromatic N) is 2. The van der Waals surface area contributed by atoms with Crippen LogP contribution < -0.4 is 10.6 Å². The van der Waals surface area contributed by atoms with Crippen molar-refractivity contribution in [1.82, 2.24) is 10.2 Å². The zero-order chi connectivity index (χ0) is 20.4. The summed E-state index contributed by atoms with van der Waals surface area (Å²) in [4.78, 5) is 35.5. The fourth-order valence-electron chi connectivity index (χ4n) is 3.51. The van der Waals surface area contributed by atoms with Gasteiger partial charge in [-0.25, -0.2) is 9.18 Å². The number of halogens is 1. The van der Waals surface area contributed by atoms with Gasteiger partial charge in [0.2, 0.25) is 0 Å². The van der Waals surface area contributed by atoms with E-state index >= 15 is 0 Å². The van der Waals surface area contributed by atoms with Gasteiger partial charge in [0.05, 0.1) is 22.7 Å². The van der Waals surface area contributed by atoms with Crippen molar-refractivity contribution < 1.29 is 24.0 Å². The average molecular weight is 394 g/mol. The monoisotopic (exact) mass is 394 g/mol. The predicted molar refractivity (Wildman–Crippen MR) is 98.7 cm³/mol. The van der Waals surface area contributed by atoms with Gasteiger partial charge in [-0.05, 0) is 44.6 Å². The lowest BCUT2D eigenvalue weighted by molar-refractivity contribution is -0.385. The van der Waals surface area contributed by atoms with Gasteiger partial charge in [0.25, 0.3) is 5.69 Å². The van der Waals surface area contributed by atoms with Gasteiger partial charge in [-0.2, -0.15) is 0 Å². The highest BCUT2D eigenvalue weighted by molar-refractivity contribution is 5.91. The highest BCUT2D eigenvalue weighted by Crippen LogP contribution is 2.34. The summed E-state index contributed by atoms with van der Waals surface area (Å²) in [5, 5.41) is 25.1. The molecule has 1 aromatic rings. The Morgan fingerprint density at radius 2 is 2.04 bits per heavy atom. The summed E-state index contributed by atoms with van der Waals surface area (Å²) in [6, 6.07) is 1.31. The van der Waals surface area contributed by atoms with E-state index in [0.29, 0.717) is 18.8 Å². The van der Waals surface area contributed by atoms with Crippen LogP contribution in [-0.4, -0.2) is 52.1 Å². The fourth-order valence-corrected chi connectivity index (χ4v) is 3.51. The third-order valence-electron chi connectivity index (χ3n) is 5.31. The van der Waals surface area contributed by atoms with Gasteiger partial charge >= 0.3 is 12.0 Å². The summed E-state index contributed by atoms with van der Waals surface area (Å²) >= 11 is 0. The van der Waals surface area contributed by atoms with E-state index < -0.39 is 22.7 Å². The number of rotatable bonds is 8. The number of carbonyl (C=O) groups is 2. The molecule has 3 rings (SSSR count). The van der Waals surface area contributed by atoms with E-state index in [2.05, 4.69) is 10.6 Å². The number of nitro benzene ring substituents is 1. The van der Waals surface area contributed by atoms with E-state index in [1.165, 1.54) is 6.92 Å². The third kappa shape index (κ3) is 4.75. The van der Waals surface area contributed by atoms with Crippen LogP contribution in [0.4, 0.5) is 20.6 Å². The van der Waals surface area contributed by atoms with Crippen molar-refractivity contribution in [3.63, 3.8) is 0 Å². The van der Waals surface area contributed by atoms with E-state index in [1.807, 2.05) is 4.90 Å². The quantitative estimate of drug-likeness (QED) is 0.460. The summed E-state index contributed by atoms with van der Waals surface area (Å²) in [7, 11) is 0. The molecule has 0 radical (unpaired) electrons. The minimum atomic E-state index is -0.869. The number of amides is 2. The normalized spacial score (nSPS) is 21.1. The number of hydrogen-bond donors (Lipinski definition) is 3. The molecule has 2 fully saturated rings. The molecule has 0 aliphatic heterocycles. The molecule has 2 aliphatic rings. The molecule has 10 heteroatoms. The summed E-state index contributed by atoms with van der Waals surface area (Å²) in [5.41, 5.74) is -0.447. The van der Waals surface area contributed by atoms with Crippen LogP contribution in [0.25, 0.3) is 0 Å². The van der Waals surface area contributed by atoms with Gasteiger partial charge < -0.3 is 15.7 Å². The summed E-state index contributed by atoms with van der Waals surface area (Å²) < 4.78 is 14.0. The lowest BCUT2D eigenvalue weighted by Gasteiger charge is -2.42. The number of nitrogens with one attached hydrogen (secondary N) is 2. The van der Waals surface area contributed by atoms with Crippen molar-refractivity contribution in [2.24, 2.45) is 5.92 Å². The van der Waals surface area contributed by atoms with E-state index in [1.54, 1.807) is 0 Å². The number of urea groups is 1. The van der Waals surface area contributed by atoms with Crippen LogP contribution in [0.1, 0.15) is 31.2 Å².